The molecule has 0 heterocycles. The number of hydrogen-bond donors (Lipinski definition) is 1. The third kappa shape index (κ3) is 5.30. The number of likely N-dealkylation sites (N-methyl/N-ethyl adjacent to an activating group) is 1. The van der Waals surface area contributed by atoms with Crippen molar-refractivity contribution in [1.29, 1.82) is 0 Å². The Labute approximate surface area is 115 Å². The Hall–Kier alpha value is -1.55. The summed E-state index contributed by atoms with van der Waals surface area (Å²) in [5.41, 5.74) is 1.17. The lowest BCUT2D eigenvalue weighted by Crippen LogP contribution is -2.38. The molecule has 0 aliphatic carbocycles. The molecule has 0 aliphatic heterocycles. The molecule has 0 radical (unpaired) electrons. The number of carboxylic acids is 1. The Morgan fingerprint density at radius 2 is 2.21 bits per heavy atom. The number of benzene rings is 1. The van der Waals surface area contributed by atoms with Gasteiger partial charge in [-0.3, -0.25) is 9.69 Å². The van der Waals surface area contributed by atoms with Gasteiger partial charge in [0.25, 0.3) is 0 Å². The standard InChI is InChI=1S/C15H23NO3/c1-4-14(15(17)18)16(3)9-6-10-19-13-8-5-7-12(2)11-13/h5,7-8,11,14H,4,6,9-10H2,1-3H3,(H,17,18). The fourth-order valence-corrected chi connectivity index (χ4v) is 2.04. The monoisotopic (exact) mass is 265 g/mol. The summed E-state index contributed by atoms with van der Waals surface area (Å²) in [7, 11) is 1.84. The summed E-state index contributed by atoms with van der Waals surface area (Å²) in [5.74, 6) is 0.109. The quantitative estimate of drug-likeness (QED) is 0.734. The summed E-state index contributed by atoms with van der Waals surface area (Å²) in [6.07, 6.45) is 1.43. The van der Waals surface area contributed by atoms with Crippen molar-refractivity contribution in [2.75, 3.05) is 20.2 Å². The number of nitrogens with zero attached hydrogens (tertiary/aromatic N) is 1. The van der Waals surface area contributed by atoms with Crippen molar-refractivity contribution in [1.82, 2.24) is 4.90 Å². The minimum atomic E-state index is -0.760. The SMILES string of the molecule is CCC(C(=O)O)N(C)CCCOc1cccc(C)c1. The van der Waals surface area contributed by atoms with E-state index >= 15 is 0 Å². The van der Waals surface area contributed by atoms with Crippen LogP contribution in [0.25, 0.3) is 0 Å². The van der Waals surface area contributed by atoms with Gasteiger partial charge in [-0.15, -0.1) is 0 Å². The molecule has 19 heavy (non-hydrogen) atoms. The molecule has 1 aromatic rings. The van der Waals surface area contributed by atoms with Gasteiger partial charge in [0.1, 0.15) is 11.8 Å². The van der Waals surface area contributed by atoms with Gasteiger partial charge in [-0.05, 0) is 44.5 Å². The minimum Gasteiger partial charge on any atom is -0.494 e. The smallest absolute Gasteiger partial charge is 0.320 e. The maximum Gasteiger partial charge on any atom is 0.320 e. The average Bonchev–Trinajstić information content (AvgIpc) is 2.35. The van der Waals surface area contributed by atoms with E-state index in [0.29, 0.717) is 13.0 Å². The molecule has 4 heteroatoms. The number of aryl methyl sites for hydroxylation is 1. The van der Waals surface area contributed by atoms with Crippen molar-refractivity contribution in [2.45, 2.75) is 32.7 Å². The van der Waals surface area contributed by atoms with Gasteiger partial charge in [-0.2, -0.15) is 0 Å². The molecule has 0 saturated carbocycles. The van der Waals surface area contributed by atoms with E-state index in [-0.39, 0.29) is 0 Å². The normalized spacial score (nSPS) is 12.4. The first kappa shape index (κ1) is 15.5. The molecule has 0 fully saturated rings. The molecule has 1 rings (SSSR count). The van der Waals surface area contributed by atoms with E-state index in [1.807, 2.05) is 50.1 Å². The Morgan fingerprint density at radius 1 is 1.47 bits per heavy atom. The molecule has 0 spiro atoms. The zero-order chi connectivity index (χ0) is 14.3. The highest BCUT2D eigenvalue weighted by molar-refractivity contribution is 5.73. The first-order valence-electron chi connectivity index (χ1n) is 6.67. The van der Waals surface area contributed by atoms with E-state index < -0.39 is 12.0 Å². The van der Waals surface area contributed by atoms with Gasteiger partial charge in [-0.25, -0.2) is 0 Å². The summed E-state index contributed by atoms with van der Waals surface area (Å²) >= 11 is 0. The molecule has 4 nitrogen and oxygen atoms in total. The number of carbonyl (C=O) groups is 1. The highest BCUT2D eigenvalue weighted by atomic mass is 16.5. The van der Waals surface area contributed by atoms with Crippen LogP contribution in [0.1, 0.15) is 25.3 Å². The molecule has 1 N–H and O–H groups in total. The molecule has 0 amide bonds. The van der Waals surface area contributed by atoms with Gasteiger partial charge in [-0.1, -0.05) is 19.1 Å². The second-order valence-electron chi connectivity index (χ2n) is 4.76. The van der Waals surface area contributed by atoms with Crippen LogP contribution in [-0.2, 0) is 4.79 Å². The maximum absolute atomic E-state index is 11.0. The Balaban J connectivity index is 2.29. The van der Waals surface area contributed by atoms with Crippen LogP contribution in [0.5, 0.6) is 5.75 Å². The van der Waals surface area contributed by atoms with E-state index in [4.69, 9.17) is 9.84 Å². The largest absolute Gasteiger partial charge is 0.494 e. The summed E-state index contributed by atoms with van der Waals surface area (Å²) in [6, 6.07) is 7.52. The predicted molar refractivity (Wildman–Crippen MR) is 75.6 cm³/mol. The van der Waals surface area contributed by atoms with Crippen molar-refractivity contribution in [3.63, 3.8) is 0 Å². The van der Waals surface area contributed by atoms with Crippen LogP contribution in [-0.4, -0.2) is 42.2 Å². The molecule has 1 aromatic carbocycles. The van der Waals surface area contributed by atoms with Crippen LogP contribution in [0, 0.1) is 6.92 Å². The molecular formula is C15H23NO3. The van der Waals surface area contributed by atoms with Gasteiger partial charge in [0.15, 0.2) is 0 Å². The maximum atomic E-state index is 11.0. The summed E-state index contributed by atoms with van der Waals surface area (Å²) in [4.78, 5) is 12.9. The van der Waals surface area contributed by atoms with E-state index in [9.17, 15) is 4.79 Å². The zero-order valence-corrected chi connectivity index (χ0v) is 11.9. The molecule has 106 valence electrons. The lowest BCUT2D eigenvalue weighted by atomic mass is 10.2. The predicted octanol–water partition coefficient (Wildman–Crippen LogP) is 2.56. The third-order valence-electron chi connectivity index (χ3n) is 3.12. The van der Waals surface area contributed by atoms with Crippen molar-refractivity contribution in [3.8, 4) is 5.75 Å². The van der Waals surface area contributed by atoms with Crippen LogP contribution in [0.15, 0.2) is 24.3 Å². The van der Waals surface area contributed by atoms with Crippen LogP contribution in [0.3, 0.4) is 0 Å². The molecular weight excluding hydrogens is 242 g/mol. The second-order valence-corrected chi connectivity index (χ2v) is 4.76. The first-order valence-corrected chi connectivity index (χ1v) is 6.67. The van der Waals surface area contributed by atoms with Gasteiger partial charge < -0.3 is 9.84 Å². The molecule has 0 bridgehead atoms. The van der Waals surface area contributed by atoms with Gasteiger partial charge in [0, 0.05) is 6.54 Å². The van der Waals surface area contributed by atoms with E-state index in [0.717, 1.165) is 18.7 Å². The molecule has 0 saturated heterocycles. The van der Waals surface area contributed by atoms with E-state index in [2.05, 4.69) is 0 Å². The van der Waals surface area contributed by atoms with Gasteiger partial charge in [0.05, 0.1) is 6.61 Å². The van der Waals surface area contributed by atoms with Gasteiger partial charge in [0.2, 0.25) is 0 Å². The topological polar surface area (TPSA) is 49.8 Å². The lowest BCUT2D eigenvalue weighted by molar-refractivity contribution is -0.142. The third-order valence-corrected chi connectivity index (χ3v) is 3.12. The number of rotatable bonds is 8. The lowest BCUT2D eigenvalue weighted by Gasteiger charge is -2.23. The fraction of sp³-hybridized carbons (Fsp3) is 0.533. The fourth-order valence-electron chi connectivity index (χ4n) is 2.04. The van der Waals surface area contributed by atoms with E-state index in [1.165, 1.54) is 5.56 Å². The van der Waals surface area contributed by atoms with Crippen LogP contribution in [0.4, 0.5) is 0 Å². The van der Waals surface area contributed by atoms with Crippen molar-refractivity contribution >= 4 is 5.97 Å². The molecule has 0 aromatic heterocycles. The summed E-state index contributed by atoms with van der Waals surface area (Å²) in [5, 5.41) is 9.04. The van der Waals surface area contributed by atoms with Gasteiger partial charge >= 0.3 is 5.97 Å². The van der Waals surface area contributed by atoms with Crippen LogP contribution < -0.4 is 4.74 Å². The van der Waals surface area contributed by atoms with Crippen LogP contribution >= 0.6 is 0 Å². The van der Waals surface area contributed by atoms with Crippen molar-refractivity contribution < 1.29 is 14.6 Å². The zero-order valence-electron chi connectivity index (χ0n) is 11.9. The molecule has 1 atom stereocenters. The number of aliphatic carboxylic acids is 1. The minimum absolute atomic E-state index is 0.404. The second kappa shape index (κ2) is 7.79. The highest BCUT2D eigenvalue weighted by Crippen LogP contribution is 2.12. The Bertz CT molecular complexity index is 406. The Kier molecular flexibility index (Phi) is 6.36. The first-order chi connectivity index (χ1) is 9.04. The van der Waals surface area contributed by atoms with E-state index in [1.54, 1.807) is 0 Å². The highest BCUT2D eigenvalue weighted by Gasteiger charge is 2.19. The number of hydrogen-bond acceptors (Lipinski definition) is 3. The van der Waals surface area contributed by atoms with Crippen LogP contribution in [0.2, 0.25) is 0 Å². The Morgan fingerprint density at radius 3 is 2.79 bits per heavy atom. The molecule has 1 unspecified atom stereocenters. The average molecular weight is 265 g/mol. The summed E-state index contributed by atoms with van der Waals surface area (Å²) < 4.78 is 5.64. The summed E-state index contributed by atoms with van der Waals surface area (Å²) in [6.45, 7) is 5.23. The van der Waals surface area contributed by atoms with Crippen molar-refractivity contribution in [3.05, 3.63) is 29.8 Å². The number of ether oxygens (including phenoxy) is 1. The van der Waals surface area contributed by atoms with Crippen molar-refractivity contribution in [2.24, 2.45) is 0 Å². The number of carboxylic acid groups (broad SMARTS) is 1. The molecule has 0 aliphatic rings.